The van der Waals surface area contributed by atoms with Gasteiger partial charge in [-0.2, -0.15) is 0 Å². The SMILES string of the molecule is CC(CCC(=O)N1CCC2C1C(=O)CN2C(=O)C(N)C1CCCC1)C(N)=O. The topological polar surface area (TPSA) is 127 Å². The summed E-state index contributed by atoms with van der Waals surface area (Å²) in [4.78, 5) is 52.4. The zero-order valence-electron chi connectivity index (χ0n) is 15.9. The molecule has 4 atom stereocenters. The third kappa shape index (κ3) is 3.85. The second-order valence-corrected chi connectivity index (χ2v) is 8.23. The molecule has 0 bridgehead atoms. The summed E-state index contributed by atoms with van der Waals surface area (Å²) in [6.45, 7) is 2.18. The van der Waals surface area contributed by atoms with Crippen molar-refractivity contribution in [2.24, 2.45) is 23.3 Å². The van der Waals surface area contributed by atoms with Crippen LogP contribution < -0.4 is 11.5 Å². The van der Waals surface area contributed by atoms with E-state index in [0.717, 1.165) is 25.7 Å². The van der Waals surface area contributed by atoms with Gasteiger partial charge in [-0.05, 0) is 31.6 Å². The number of amides is 3. The lowest BCUT2D eigenvalue weighted by atomic mass is 9.97. The summed E-state index contributed by atoms with van der Waals surface area (Å²) >= 11 is 0. The first-order chi connectivity index (χ1) is 12.8. The van der Waals surface area contributed by atoms with Crippen molar-refractivity contribution in [1.82, 2.24) is 9.80 Å². The van der Waals surface area contributed by atoms with Gasteiger partial charge in [0.15, 0.2) is 5.78 Å². The van der Waals surface area contributed by atoms with Crippen molar-refractivity contribution in [2.75, 3.05) is 13.1 Å². The summed E-state index contributed by atoms with van der Waals surface area (Å²) < 4.78 is 0. The second-order valence-electron chi connectivity index (χ2n) is 8.23. The minimum absolute atomic E-state index is 0.0378. The Hall–Kier alpha value is -1.96. The van der Waals surface area contributed by atoms with Crippen LogP contribution in [0.15, 0.2) is 0 Å². The molecule has 2 saturated heterocycles. The van der Waals surface area contributed by atoms with Crippen LogP contribution >= 0.6 is 0 Å². The van der Waals surface area contributed by atoms with Crippen LogP contribution in [0.3, 0.4) is 0 Å². The van der Waals surface area contributed by atoms with Gasteiger partial charge in [0.1, 0.15) is 6.04 Å². The number of ketones is 1. The second kappa shape index (κ2) is 7.96. The maximum atomic E-state index is 12.9. The predicted octanol–water partition coefficient (Wildman–Crippen LogP) is -0.214. The van der Waals surface area contributed by atoms with Crippen molar-refractivity contribution in [3.8, 4) is 0 Å². The van der Waals surface area contributed by atoms with E-state index in [1.165, 1.54) is 0 Å². The molecule has 27 heavy (non-hydrogen) atoms. The molecule has 8 nitrogen and oxygen atoms in total. The quantitative estimate of drug-likeness (QED) is 0.661. The molecule has 3 aliphatic rings. The lowest BCUT2D eigenvalue weighted by Crippen LogP contribution is -2.50. The molecule has 1 aliphatic carbocycles. The Balaban J connectivity index is 1.62. The number of carbonyl (C=O) groups excluding carboxylic acids is 4. The van der Waals surface area contributed by atoms with Gasteiger partial charge in [0.05, 0.1) is 18.6 Å². The average Bonchev–Trinajstić information content (AvgIpc) is 3.36. The molecule has 0 aromatic rings. The van der Waals surface area contributed by atoms with Gasteiger partial charge in [0.25, 0.3) is 0 Å². The van der Waals surface area contributed by atoms with Gasteiger partial charge in [-0.15, -0.1) is 0 Å². The molecule has 0 radical (unpaired) electrons. The number of Topliss-reactive ketones (excluding diaryl/α,β-unsaturated/α-hetero) is 1. The highest BCUT2D eigenvalue weighted by atomic mass is 16.2. The molecule has 4 unspecified atom stereocenters. The molecule has 2 aliphatic heterocycles. The molecule has 0 aromatic heterocycles. The van der Waals surface area contributed by atoms with Crippen LogP contribution in [-0.4, -0.2) is 64.5 Å². The van der Waals surface area contributed by atoms with Gasteiger partial charge in [-0.3, -0.25) is 19.2 Å². The molecule has 150 valence electrons. The Bertz CT molecular complexity index is 631. The molecule has 0 aromatic carbocycles. The van der Waals surface area contributed by atoms with Crippen molar-refractivity contribution in [1.29, 1.82) is 0 Å². The van der Waals surface area contributed by atoms with Crippen LogP contribution in [0.2, 0.25) is 0 Å². The third-order valence-electron chi connectivity index (χ3n) is 6.50. The van der Waals surface area contributed by atoms with Gasteiger partial charge in [-0.25, -0.2) is 0 Å². The fourth-order valence-electron chi connectivity index (χ4n) is 4.73. The molecule has 3 fully saturated rings. The zero-order chi connectivity index (χ0) is 19.7. The largest absolute Gasteiger partial charge is 0.369 e. The van der Waals surface area contributed by atoms with Crippen LogP contribution in [0.25, 0.3) is 0 Å². The zero-order valence-corrected chi connectivity index (χ0v) is 15.9. The monoisotopic (exact) mass is 378 g/mol. The summed E-state index contributed by atoms with van der Waals surface area (Å²) in [6.07, 6.45) is 5.26. The van der Waals surface area contributed by atoms with E-state index < -0.39 is 18.0 Å². The maximum Gasteiger partial charge on any atom is 0.240 e. The van der Waals surface area contributed by atoms with E-state index in [-0.39, 0.29) is 48.4 Å². The number of primary amides is 1. The Labute approximate surface area is 159 Å². The van der Waals surface area contributed by atoms with Crippen LogP contribution in [0.5, 0.6) is 0 Å². The summed E-state index contributed by atoms with van der Waals surface area (Å²) in [5, 5.41) is 0. The van der Waals surface area contributed by atoms with Crippen molar-refractivity contribution < 1.29 is 19.2 Å². The highest BCUT2D eigenvalue weighted by Crippen LogP contribution is 2.33. The van der Waals surface area contributed by atoms with Crippen LogP contribution in [0, 0.1) is 11.8 Å². The molecular formula is C19H30N4O4. The molecule has 4 N–H and O–H groups in total. The number of nitrogens with two attached hydrogens (primary N) is 2. The van der Waals surface area contributed by atoms with Crippen molar-refractivity contribution in [3.05, 3.63) is 0 Å². The molecule has 1 saturated carbocycles. The number of carbonyl (C=O) groups is 4. The van der Waals surface area contributed by atoms with Gasteiger partial charge in [0, 0.05) is 18.9 Å². The predicted molar refractivity (Wildman–Crippen MR) is 98.2 cm³/mol. The molecular weight excluding hydrogens is 348 g/mol. The fourth-order valence-corrected chi connectivity index (χ4v) is 4.73. The van der Waals surface area contributed by atoms with Crippen molar-refractivity contribution >= 4 is 23.5 Å². The van der Waals surface area contributed by atoms with Crippen molar-refractivity contribution in [2.45, 2.75) is 70.0 Å². The van der Waals surface area contributed by atoms with E-state index in [1.807, 2.05) is 0 Å². The first-order valence-corrected chi connectivity index (χ1v) is 9.98. The van der Waals surface area contributed by atoms with Gasteiger partial charge in [-0.1, -0.05) is 19.8 Å². The Morgan fingerprint density at radius 3 is 2.44 bits per heavy atom. The molecule has 2 heterocycles. The first-order valence-electron chi connectivity index (χ1n) is 9.98. The summed E-state index contributed by atoms with van der Waals surface area (Å²) in [5.74, 6) is -1.02. The maximum absolute atomic E-state index is 12.9. The van der Waals surface area contributed by atoms with E-state index in [1.54, 1.807) is 16.7 Å². The number of rotatable bonds is 6. The highest BCUT2D eigenvalue weighted by Gasteiger charge is 2.52. The Morgan fingerprint density at radius 2 is 1.81 bits per heavy atom. The number of hydrogen-bond acceptors (Lipinski definition) is 5. The molecule has 3 amide bonds. The first kappa shape index (κ1) is 19.8. The number of nitrogens with zero attached hydrogens (tertiary/aromatic N) is 2. The van der Waals surface area contributed by atoms with E-state index >= 15 is 0 Å². The van der Waals surface area contributed by atoms with Gasteiger partial charge in [0.2, 0.25) is 17.7 Å². The fraction of sp³-hybridized carbons (Fsp3) is 0.789. The smallest absolute Gasteiger partial charge is 0.240 e. The lowest BCUT2D eigenvalue weighted by Gasteiger charge is -2.28. The molecule has 8 heteroatoms. The normalized spacial score (nSPS) is 27.7. The average molecular weight is 378 g/mol. The van der Waals surface area contributed by atoms with E-state index in [2.05, 4.69) is 0 Å². The van der Waals surface area contributed by atoms with E-state index in [0.29, 0.717) is 19.4 Å². The molecule has 3 rings (SSSR count). The van der Waals surface area contributed by atoms with Gasteiger partial charge < -0.3 is 21.3 Å². The number of likely N-dealkylation sites (tertiary alicyclic amines) is 2. The number of hydrogen-bond donors (Lipinski definition) is 2. The van der Waals surface area contributed by atoms with Crippen LogP contribution in [0.4, 0.5) is 0 Å². The van der Waals surface area contributed by atoms with Gasteiger partial charge >= 0.3 is 0 Å². The summed E-state index contributed by atoms with van der Waals surface area (Å²) in [5.41, 5.74) is 11.4. The van der Waals surface area contributed by atoms with Crippen LogP contribution in [-0.2, 0) is 19.2 Å². The molecule has 0 spiro atoms. The van der Waals surface area contributed by atoms with Crippen LogP contribution in [0.1, 0.15) is 51.9 Å². The van der Waals surface area contributed by atoms with E-state index in [9.17, 15) is 19.2 Å². The Kier molecular flexibility index (Phi) is 5.83. The third-order valence-corrected chi connectivity index (χ3v) is 6.50. The lowest BCUT2D eigenvalue weighted by molar-refractivity contribution is -0.136. The summed E-state index contributed by atoms with van der Waals surface area (Å²) in [7, 11) is 0. The summed E-state index contributed by atoms with van der Waals surface area (Å²) in [6, 6.07) is -1.39. The Morgan fingerprint density at radius 1 is 1.15 bits per heavy atom. The van der Waals surface area contributed by atoms with Crippen molar-refractivity contribution in [3.63, 3.8) is 0 Å². The number of fused-ring (bicyclic) bond motifs is 1. The highest BCUT2D eigenvalue weighted by molar-refractivity contribution is 5.98. The standard InChI is InChI=1S/C19H30N4O4/c1-11(18(21)26)6-7-15(25)22-9-8-13-17(22)14(24)10-23(13)19(27)16(20)12-4-2-3-5-12/h11-13,16-17H,2-10,20H2,1H3,(H2,21,26). The van der Waals surface area contributed by atoms with E-state index in [4.69, 9.17) is 11.5 Å². The minimum Gasteiger partial charge on any atom is -0.369 e. The minimum atomic E-state index is -0.568.